The molecule has 0 bridgehead atoms. The number of hydrogen-bond acceptors (Lipinski definition) is 5. The minimum absolute atomic E-state index is 0.114. The van der Waals surface area contributed by atoms with Crippen LogP contribution in [0.2, 0.25) is 0 Å². The van der Waals surface area contributed by atoms with Crippen molar-refractivity contribution in [1.29, 1.82) is 0 Å². The van der Waals surface area contributed by atoms with Crippen LogP contribution in [0.5, 0.6) is 11.5 Å². The summed E-state index contributed by atoms with van der Waals surface area (Å²) in [6, 6.07) is 2.99. The molecule has 0 heterocycles. The monoisotopic (exact) mass is 366 g/mol. The average Bonchev–Trinajstić information content (AvgIpc) is 2.43. The molecule has 6 nitrogen and oxygen atoms in total. The number of benzene rings is 1. The number of rotatable bonds is 8. The van der Waals surface area contributed by atoms with Gasteiger partial charge in [-0.15, -0.1) is 0 Å². The lowest BCUT2D eigenvalue weighted by Gasteiger charge is -2.13. The minimum Gasteiger partial charge on any atom is -0.493 e. The van der Waals surface area contributed by atoms with E-state index in [9.17, 15) is 8.42 Å². The summed E-state index contributed by atoms with van der Waals surface area (Å²) in [5.74, 6) is 0.819. The Morgan fingerprint density at radius 2 is 1.80 bits per heavy atom. The molecule has 1 rings (SSSR count). The number of hydrogen-bond donors (Lipinski definition) is 2. The maximum atomic E-state index is 12.2. The standard InChI is InChI=1S/C12H19BrN2O4S/c1-18-10-7-9(13)12(8-11(10)19-2)20(16,17)15-6-4-3-5-14/h7-8,15H,3-6,14H2,1-2H3. The van der Waals surface area contributed by atoms with E-state index < -0.39 is 10.0 Å². The van der Waals surface area contributed by atoms with Crippen molar-refractivity contribution >= 4 is 26.0 Å². The van der Waals surface area contributed by atoms with E-state index in [-0.39, 0.29) is 4.90 Å². The predicted molar refractivity (Wildman–Crippen MR) is 80.7 cm³/mol. The van der Waals surface area contributed by atoms with Crippen LogP contribution in [-0.2, 0) is 10.0 Å². The van der Waals surface area contributed by atoms with E-state index in [1.165, 1.54) is 20.3 Å². The lowest BCUT2D eigenvalue weighted by atomic mass is 10.3. The van der Waals surface area contributed by atoms with E-state index in [0.29, 0.717) is 35.5 Å². The van der Waals surface area contributed by atoms with Crippen LogP contribution in [0.3, 0.4) is 0 Å². The molecule has 0 spiro atoms. The van der Waals surface area contributed by atoms with Gasteiger partial charge in [0.2, 0.25) is 10.0 Å². The molecule has 0 aliphatic carbocycles. The highest BCUT2D eigenvalue weighted by Gasteiger charge is 2.20. The normalized spacial score (nSPS) is 11.4. The molecule has 0 unspecified atom stereocenters. The zero-order chi connectivity index (χ0) is 15.2. The third-order valence-electron chi connectivity index (χ3n) is 2.65. The van der Waals surface area contributed by atoms with Gasteiger partial charge >= 0.3 is 0 Å². The Bertz CT molecular complexity index is 549. The maximum Gasteiger partial charge on any atom is 0.241 e. The summed E-state index contributed by atoms with van der Waals surface area (Å²) in [5.41, 5.74) is 5.37. The van der Waals surface area contributed by atoms with Gasteiger partial charge in [-0.1, -0.05) is 0 Å². The molecule has 0 atom stereocenters. The van der Waals surface area contributed by atoms with Crippen LogP contribution in [0, 0.1) is 0 Å². The molecule has 0 fully saturated rings. The second kappa shape index (κ2) is 7.82. The first-order valence-electron chi connectivity index (χ1n) is 6.07. The highest BCUT2D eigenvalue weighted by Crippen LogP contribution is 2.35. The van der Waals surface area contributed by atoms with E-state index in [4.69, 9.17) is 15.2 Å². The molecule has 8 heteroatoms. The first kappa shape index (κ1) is 17.2. The van der Waals surface area contributed by atoms with Gasteiger partial charge in [0.1, 0.15) is 4.90 Å². The average molecular weight is 367 g/mol. The second-order valence-electron chi connectivity index (χ2n) is 4.03. The quantitative estimate of drug-likeness (QED) is 0.680. The highest BCUT2D eigenvalue weighted by molar-refractivity contribution is 9.10. The molecular weight excluding hydrogens is 348 g/mol. The number of nitrogens with two attached hydrogens (primary N) is 1. The lowest BCUT2D eigenvalue weighted by Crippen LogP contribution is -2.25. The van der Waals surface area contributed by atoms with Gasteiger partial charge in [0.25, 0.3) is 0 Å². The van der Waals surface area contributed by atoms with Crippen molar-refractivity contribution < 1.29 is 17.9 Å². The number of halogens is 1. The fourth-order valence-corrected chi connectivity index (χ4v) is 3.70. The molecule has 1 aromatic carbocycles. The van der Waals surface area contributed by atoms with Crippen molar-refractivity contribution in [3.8, 4) is 11.5 Å². The van der Waals surface area contributed by atoms with Crippen molar-refractivity contribution in [2.24, 2.45) is 5.73 Å². The zero-order valence-corrected chi connectivity index (χ0v) is 13.9. The Hall–Kier alpha value is -0.830. The fourth-order valence-electron chi connectivity index (χ4n) is 1.60. The Kier molecular flexibility index (Phi) is 6.74. The Morgan fingerprint density at radius 1 is 1.20 bits per heavy atom. The third kappa shape index (κ3) is 4.34. The van der Waals surface area contributed by atoms with Crippen molar-refractivity contribution in [2.75, 3.05) is 27.3 Å². The summed E-state index contributed by atoms with van der Waals surface area (Å²) in [7, 11) is -0.657. The molecule has 0 amide bonds. The Labute approximate surface area is 127 Å². The molecule has 0 aliphatic rings. The summed E-state index contributed by atoms with van der Waals surface area (Å²) in [5, 5.41) is 0. The van der Waals surface area contributed by atoms with Crippen molar-refractivity contribution in [3.63, 3.8) is 0 Å². The van der Waals surface area contributed by atoms with Crippen LogP contribution >= 0.6 is 15.9 Å². The lowest BCUT2D eigenvalue weighted by molar-refractivity contribution is 0.353. The Balaban J connectivity index is 2.99. The third-order valence-corrected chi connectivity index (χ3v) is 5.07. The first-order valence-corrected chi connectivity index (χ1v) is 8.35. The fraction of sp³-hybridized carbons (Fsp3) is 0.500. The number of nitrogens with one attached hydrogen (secondary N) is 1. The van der Waals surface area contributed by atoms with Crippen molar-refractivity contribution in [2.45, 2.75) is 17.7 Å². The molecule has 114 valence electrons. The molecule has 0 aromatic heterocycles. The summed E-state index contributed by atoms with van der Waals surface area (Å²) >= 11 is 3.24. The van der Waals surface area contributed by atoms with Crippen molar-refractivity contribution in [1.82, 2.24) is 4.72 Å². The summed E-state index contributed by atoms with van der Waals surface area (Å²) in [6.07, 6.45) is 1.47. The van der Waals surface area contributed by atoms with E-state index in [0.717, 1.165) is 6.42 Å². The van der Waals surface area contributed by atoms with Gasteiger partial charge in [0.05, 0.1) is 14.2 Å². The van der Waals surface area contributed by atoms with Gasteiger partial charge < -0.3 is 15.2 Å². The van der Waals surface area contributed by atoms with Crippen LogP contribution in [0.1, 0.15) is 12.8 Å². The highest BCUT2D eigenvalue weighted by atomic mass is 79.9. The molecular formula is C12H19BrN2O4S. The number of unbranched alkanes of at least 4 members (excludes halogenated alkanes) is 1. The van der Waals surface area contributed by atoms with Crippen LogP contribution in [0.25, 0.3) is 0 Å². The van der Waals surface area contributed by atoms with Crippen LogP contribution < -0.4 is 19.9 Å². The molecule has 0 saturated heterocycles. The second-order valence-corrected chi connectivity index (χ2v) is 6.62. The summed E-state index contributed by atoms with van der Waals surface area (Å²) < 4.78 is 37.6. The maximum absolute atomic E-state index is 12.2. The summed E-state index contributed by atoms with van der Waals surface area (Å²) in [4.78, 5) is 0.114. The number of ether oxygens (including phenoxy) is 2. The topological polar surface area (TPSA) is 90.7 Å². The van der Waals surface area contributed by atoms with Gasteiger partial charge in [0.15, 0.2) is 11.5 Å². The molecule has 20 heavy (non-hydrogen) atoms. The zero-order valence-electron chi connectivity index (χ0n) is 11.5. The van der Waals surface area contributed by atoms with Gasteiger partial charge in [-0.2, -0.15) is 0 Å². The van der Waals surface area contributed by atoms with E-state index in [1.807, 2.05) is 0 Å². The number of sulfonamides is 1. The van der Waals surface area contributed by atoms with Crippen molar-refractivity contribution in [3.05, 3.63) is 16.6 Å². The molecule has 0 radical (unpaired) electrons. The Morgan fingerprint density at radius 3 is 2.35 bits per heavy atom. The van der Waals surface area contributed by atoms with E-state index >= 15 is 0 Å². The van der Waals surface area contributed by atoms with Crippen LogP contribution in [0.15, 0.2) is 21.5 Å². The van der Waals surface area contributed by atoms with E-state index in [2.05, 4.69) is 20.7 Å². The number of methoxy groups -OCH3 is 2. The van der Waals surface area contributed by atoms with Crippen LogP contribution in [-0.4, -0.2) is 35.7 Å². The molecule has 0 saturated carbocycles. The smallest absolute Gasteiger partial charge is 0.241 e. The molecule has 1 aromatic rings. The first-order chi connectivity index (χ1) is 9.46. The summed E-state index contributed by atoms with van der Waals surface area (Å²) in [6.45, 7) is 0.891. The van der Waals surface area contributed by atoms with Gasteiger partial charge in [0, 0.05) is 17.1 Å². The largest absolute Gasteiger partial charge is 0.493 e. The van der Waals surface area contributed by atoms with E-state index in [1.54, 1.807) is 6.07 Å². The van der Waals surface area contributed by atoms with Gasteiger partial charge in [-0.25, -0.2) is 13.1 Å². The SMILES string of the molecule is COc1cc(Br)c(S(=O)(=O)NCCCCN)cc1OC. The van der Waals surface area contributed by atoms with Gasteiger partial charge in [-0.3, -0.25) is 0 Å². The predicted octanol–water partition coefficient (Wildman–Crippen LogP) is 1.48. The molecule has 3 N–H and O–H groups in total. The van der Waals surface area contributed by atoms with Crippen LogP contribution in [0.4, 0.5) is 0 Å². The van der Waals surface area contributed by atoms with Gasteiger partial charge in [-0.05, 0) is 41.4 Å². The minimum atomic E-state index is -3.60. The molecule has 0 aliphatic heterocycles.